The number of carbonyl (C=O) groups excluding carboxylic acids is 4. The summed E-state index contributed by atoms with van der Waals surface area (Å²) in [5, 5.41) is 2.81. The minimum atomic E-state index is -1.03. The third kappa shape index (κ3) is 9.09. The van der Waals surface area contributed by atoms with E-state index < -0.39 is 35.8 Å². The van der Waals surface area contributed by atoms with Gasteiger partial charge in [-0.1, -0.05) is 12.1 Å². The number of likely N-dealkylation sites (N-methyl/N-ethyl adjacent to an activating group) is 1. The van der Waals surface area contributed by atoms with Crippen molar-refractivity contribution in [2.24, 2.45) is 0 Å². The number of nitrogens with zero attached hydrogens (tertiary/aromatic N) is 5. The lowest BCUT2D eigenvalue weighted by Gasteiger charge is -2.35. The van der Waals surface area contributed by atoms with Crippen LogP contribution in [0.1, 0.15) is 75.8 Å². The number of rotatable bonds is 12. The van der Waals surface area contributed by atoms with Gasteiger partial charge in [0.2, 0.25) is 11.8 Å². The quantitative estimate of drug-likeness (QED) is 0.371. The van der Waals surface area contributed by atoms with E-state index in [1.54, 1.807) is 62.7 Å². The molecule has 1 saturated heterocycles. The van der Waals surface area contributed by atoms with Crippen LogP contribution in [-0.4, -0.2) is 112 Å². The van der Waals surface area contributed by atoms with Gasteiger partial charge in [0.05, 0.1) is 6.10 Å². The van der Waals surface area contributed by atoms with Crippen molar-refractivity contribution in [3.05, 3.63) is 53.4 Å². The molecule has 0 radical (unpaired) electrons. The molecular formula is C34H49FN6O6. The summed E-state index contributed by atoms with van der Waals surface area (Å²) >= 11 is 0. The molecule has 2 aliphatic heterocycles. The van der Waals surface area contributed by atoms with Gasteiger partial charge in [0.25, 0.3) is 5.91 Å². The molecule has 0 saturated carbocycles. The van der Waals surface area contributed by atoms with Gasteiger partial charge in [0.1, 0.15) is 35.0 Å². The molecule has 4 rings (SSSR count). The van der Waals surface area contributed by atoms with Gasteiger partial charge >= 0.3 is 6.09 Å². The van der Waals surface area contributed by atoms with Crippen molar-refractivity contribution in [3.63, 3.8) is 0 Å². The van der Waals surface area contributed by atoms with Crippen LogP contribution < -0.4 is 5.32 Å². The number of methoxy groups -OCH3 is 1. The van der Waals surface area contributed by atoms with Crippen molar-refractivity contribution in [1.82, 2.24) is 29.6 Å². The highest BCUT2D eigenvalue weighted by molar-refractivity contribution is 5.93. The largest absolute Gasteiger partial charge is 0.444 e. The number of amides is 4. The first kappa shape index (κ1) is 35.8. The van der Waals surface area contributed by atoms with E-state index >= 15 is 0 Å². The number of carbonyl (C=O) groups is 4. The SMILES string of the molecule is COC(C)C(NC(=O)C(C)N(C)C(=O)OC(C)(C)C)C(=O)N1CCCC1CN(CCc1ccc(F)cc1)C(=O)c1cn2c(n1)CCC2. The number of ether oxygens (including phenoxy) is 2. The summed E-state index contributed by atoms with van der Waals surface area (Å²) in [4.78, 5) is 63.1. The second-order valence-corrected chi connectivity index (χ2v) is 13.5. The molecule has 12 nitrogen and oxygen atoms in total. The summed E-state index contributed by atoms with van der Waals surface area (Å²) in [6.45, 7) is 10.4. The number of likely N-dealkylation sites (tertiary alicyclic amines) is 1. The molecule has 258 valence electrons. The molecule has 4 amide bonds. The normalized spacial score (nSPS) is 17.9. The molecule has 0 aliphatic carbocycles. The highest BCUT2D eigenvalue weighted by Gasteiger charge is 2.39. The average Bonchev–Trinajstić information content (AvgIpc) is 3.77. The highest BCUT2D eigenvalue weighted by Crippen LogP contribution is 2.23. The molecule has 3 heterocycles. The third-order valence-corrected chi connectivity index (χ3v) is 8.89. The van der Waals surface area contributed by atoms with E-state index in [0.717, 1.165) is 37.2 Å². The van der Waals surface area contributed by atoms with Gasteiger partial charge in [-0.05, 0) is 78.0 Å². The molecule has 0 bridgehead atoms. The minimum absolute atomic E-state index is 0.220. The highest BCUT2D eigenvalue weighted by atomic mass is 19.1. The molecule has 1 aromatic carbocycles. The van der Waals surface area contributed by atoms with Crippen LogP contribution in [0.5, 0.6) is 0 Å². The molecule has 4 atom stereocenters. The molecule has 0 spiro atoms. The van der Waals surface area contributed by atoms with E-state index in [4.69, 9.17) is 9.47 Å². The second-order valence-electron chi connectivity index (χ2n) is 13.5. The molecule has 2 aliphatic rings. The molecule has 1 N–H and O–H groups in total. The van der Waals surface area contributed by atoms with E-state index in [1.807, 2.05) is 4.57 Å². The van der Waals surface area contributed by atoms with Gasteiger partial charge in [0, 0.05) is 59.0 Å². The van der Waals surface area contributed by atoms with Gasteiger partial charge in [-0.3, -0.25) is 19.3 Å². The monoisotopic (exact) mass is 656 g/mol. The number of halogens is 1. The fraction of sp³-hybridized carbons (Fsp3) is 0.618. The van der Waals surface area contributed by atoms with Gasteiger partial charge in [-0.25, -0.2) is 14.2 Å². The summed E-state index contributed by atoms with van der Waals surface area (Å²) in [6, 6.07) is 3.95. The standard InChI is InChI=1S/C34H49FN6O6/c1-22(38(6)33(45)47-34(3,4)5)30(42)37-29(23(2)46-7)32(44)41-18-8-10-26(41)20-40(19-16-24-12-14-25(35)15-13-24)31(43)27-21-39-17-9-11-28(39)36-27/h12-15,21-23,26,29H,8-11,16-20H2,1-7H3,(H,37,42). The lowest BCUT2D eigenvalue weighted by molar-refractivity contribution is -0.141. The Hall–Kier alpha value is -4.00. The van der Waals surface area contributed by atoms with Crippen molar-refractivity contribution >= 4 is 23.8 Å². The Kier molecular flexibility index (Phi) is 11.6. The first-order chi connectivity index (χ1) is 22.2. The van der Waals surface area contributed by atoms with Crippen molar-refractivity contribution in [3.8, 4) is 0 Å². The molecule has 13 heteroatoms. The van der Waals surface area contributed by atoms with E-state index in [1.165, 1.54) is 31.2 Å². The van der Waals surface area contributed by atoms with Crippen molar-refractivity contribution in [2.45, 2.75) is 103 Å². The Morgan fingerprint density at radius 2 is 1.81 bits per heavy atom. The lowest BCUT2D eigenvalue weighted by Crippen LogP contribution is -2.59. The third-order valence-electron chi connectivity index (χ3n) is 8.89. The Morgan fingerprint density at radius 3 is 2.45 bits per heavy atom. The zero-order chi connectivity index (χ0) is 34.5. The first-order valence-corrected chi connectivity index (χ1v) is 16.4. The fourth-order valence-electron chi connectivity index (χ4n) is 5.92. The number of aromatic nitrogens is 2. The summed E-state index contributed by atoms with van der Waals surface area (Å²) < 4.78 is 26.5. The van der Waals surface area contributed by atoms with Crippen molar-refractivity contribution in [2.75, 3.05) is 33.8 Å². The van der Waals surface area contributed by atoms with Crippen LogP contribution >= 0.6 is 0 Å². The fourth-order valence-corrected chi connectivity index (χ4v) is 5.92. The molecule has 4 unspecified atom stereocenters. The van der Waals surface area contributed by atoms with Crippen molar-refractivity contribution in [1.29, 1.82) is 0 Å². The predicted molar refractivity (Wildman–Crippen MR) is 173 cm³/mol. The summed E-state index contributed by atoms with van der Waals surface area (Å²) in [7, 11) is 2.94. The predicted octanol–water partition coefficient (Wildman–Crippen LogP) is 3.42. The van der Waals surface area contributed by atoms with Gasteiger partial charge in [-0.15, -0.1) is 0 Å². The van der Waals surface area contributed by atoms with E-state index in [9.17, 15) is 23.6 Å². The number of imidazole rings is 1. The van der Waals surface area contributed by atoms with Gasteiger partial charge in [-0.2, -0.15) is 0 Å². The minimum Gasteiger partial charge on any atom is -0.444 e. The van der Waals surface area contributed by atoms with Crippen LogP contribution in [0.2, 0.25) is 0 Å². The Morgan fingerprint density at radius 1 is 1.11 bits per heavy atom. The van der Waals surface area contributed by atoms with E-state index in [0.29, 0.717) is 31.6 Å². The van der Waals surface area contributed by atoms with Crippen LogP contribution in [0.25, 0.3) is 0 Å². The first-order valence-electron chi connectivity index (χ1n) is 16.4. The summed E-state index contributed by atoms with van der Waals surface area (Å²) in [6.07, 6.45) is 4.20. The van der Waals surface area contributed by atoms with Gasteiger partial charge in [0.15, 0.2) is 0 Å². The topological polar surface area (TPSA) is 126 Å². The van der Waals surface area contributed by atoms with Crippen LogP contribution in [0.4, 0.5) is 9.18 Å². The Labute approximate surface area is 276 Å². The number of hydrogen-bond donors (Lipinski definition) is 1. The van der Waals surface area contributed by atoms with Crippen LogP contribution in [0.15, 0.2) is 30.5 Å². The number of hydrogen-bond acceptors (Lipinski definition) is 7. The molecule has 2 aromatic rings. The van der Waals surface area contributed by atoms with E-state index in [-0.39, 0.29) is 30.2 Å². The van der Waals surface area contributed by atoms with Crippen LogP contribution in [0, 0.1) is 5.82 Å². The zero-order valence-corrected chi connectivity index (χ0v) is 28.6. The second kappa shape index (κ2) is 15.3. The number of fused-ring (bicyclic) bond motifs is 1. The molecule has 1 fully saturated rings. The van der Waals surface area contributed by atoms with Gasteiger partial charge < -0.3 is 29.2 Å². The number of nitrogens with one attached hydrogen (secondary N) is 1. The summed E-state index contributed by atoms with van der Waals surface area (Å²) in [5.74, 6) is -0.507. The number of aryl methyl sites for hydroxylation is 2. The van der Waals surface area contributed by atoms with Crippen molar-refractivity contribution < 1.29 is 33.0 Å². The van der Waals surface area contributed by atoms with Crippen LogP contribution in [0.3, 0.4) is 0 Å². The smallest absolute Gasteiger partial charge is 0.410 e. The number of benzene rings is 1. The maximum absolute atomic E-state index is 14.1. The molecule has 47 heavy (non-hydrogen) atoms. The molecular weight excluding hydrogens is 607 g/mol. The maximum atomic E-state index is 14.1. The lowest BCUT2D eigenvalue weighted by atomic mass is 10.1. The average molecular weight is 657 g/mol. The molecule has 1 aromatic heterocycles. The van der Waals surface area contributed by atoms with E-state index in [2.05, 4.69) is 10.3 Å². The summed E-state index contributed by atoms with van der Waals surface area (Å²) in [5.41, 5.74) is 0.524. The maximum Gasteiger partial charge on any atom is 0.410 e. The van der Waals surface area contributed by atoms with Crippen LogP contribution in [-0.2, 0) is 38.4 Å². The zero-order valence-electron chi connectivity index (χ0n) is 28.6. The Balaban J connectivity index is 1.50. The Bertz CT molecular complexity index is 1400.